The van der Waals surface area contributed by atoms with Crippen LogP contribution in [0.3, 0.4) is 0 Å². The molecule has 3 rings (SSSR count). The standard InChI is InChI=1S/C20H20F3NO4S.C2H6/c21-20(22,23)28-16-2-1-3-17(10-16)29-18-8-9-24(11-18)19(26)13-27-15-6-4-14(12-25)5-7-15;1-2/h1-7,10,18,25H,8-9,11-13H2;1-2H3. The maximum atomic E-state index is 12.4. The fourth-order valence-corrected chi connectivity index (χ4v) is 4.12. The second-order valence-corrected chi connectivity index (χ2v) is 7.86. The number of thioether (sulfide) groups is 1. The monoisotopic (exact) mass is 457 g/mol. The first kappa shape index (κ1) is 24.9. The minimum Gasteiger partial charge on any atom is -0.484 e. The molecule has 1 aliphatic rings. The van der Waals surface area contributed by atoms with Crippen molar-refractivity contribution in [2.24, 2.45) is 0 Å². The molecule has 5 nitrogen and oxygen atoms in total. The van der Waals surface area contributed by atoms with Crippen LogP contribution in [0.2, 0.25) is 0 Å². The molecule has 2 aromatic rings. The van der Waals surface area contributed by atoms with Crippen molar-refractivity contribution in [3.63, 3.8) is 0 Å². The van der Waals surface area contributed by atoms with Gasteiger partial charge in [0.2, 0.25) is 0 Å². The Morgan fingerprint density at radius 2 is 1.87 bits per heavy atom. The SMILES string of the molecule is CC.O=C(COc1ccc(CO)cc1)N1CCC(Sc2cccc(OC(F)(F)F)c2)C1. The Balaban J connectivity index is 0.00000166. The number of nitrogens with zero attached hydrogens (tertiary/aromatic N) is 1. The quantitative estimate of drug-likeness (QED) is 0.643. The Kier molecular flexibility index (Phi) is 9.51. The third-order valence-electron chi connectivity index (χ3n) is 4.31. The van der Waals surface area contributed by atoms with Gasteiger partial charge in [0.1, 0.15) is 11.5 Å². The Hall–Kier alpha value is -2.39. The molecular weight excluding hydrogens is 431 g/mol. The summed E-state index contributed by atoms with van der Waals surface area (Å²) in [5.74, 6) is 0.143. The molecule has 1 unspecified atom stereocenters. The summed E-state index contributed by atoms with van der Waals surface area (Å²) in [7, 11) is 0. The number of hydrogen-bond donors (Lipinski definition) is 1. The van der Waals surface area contributed by atoms with Crippen molar-refractivity contribution in [3.05, 3.63) is 54.1 Å². The molecule has 1 aliphatic heterocycles. The number of aliphatic hydroxyl groups excluding tert-OH is 1. The van der Waals surface area contributed by atoms with Crippen LogP contribution in [-0.2, 0) is 11.4 Å². The largest absolute Gasteiger partial charge is 0.573 e. The van der Waals surface area contributed by atoms with Crippen LogP contribution < -0.4 is 9.47 Å². The number of carbonyl (C=O) groups excluding carboxylic acids is 1. The van der Waals surface area contributed by atoms with Crippen LogP contribution in [0.4, 0.5) is 13.2 Å². The molecule has 0 bridgehead atoms. The zero-order valence-corrected chi connectivity index (χ0v) is 18.2. The molecule has 1 saturated heterocycles. The molecule has 0 spiro atoms. The smallest absolute Gasteiger partial charge is 0.484 e. The lowest BCUT2D eigenvalue weighted by Crippen LogP contribution is -2.33. The molecule has 9 heteroatoms. The number of halogens is 3. The minimum atomic E-state index is -4.72. The van der Waals surface area contributed by atoms with Gasteiger partial charge in [-0.3, -0.25) is 4.79 Å². The molecule has 1 fully saturated rings. The van der Waals surface area contributed by atoms with Gasteiger partial charge in [0.15, 0.2) is 6.61 Å². The van der Waals surface area contributed by atoms with Crippen molar-refractivity contribution < 1.29 is 32.5 Å². The van der Waals surface area contributed by atoms with E-state index in [0.29, 0.717) is 23.7 Å². The molecule has 1 N–H and O–H groups in total. The molecule has 170 valence electrons. The van der Waals surface area contributed by atoms with Crippen molar-refractivity contribution in [1.29, 1.82) is 0 Å². The molecule has 1 amide bonds. The Labute approximate surface area is 184 Å². The van der Waals surface area contributed by atoms with Crippen molar-refractivity contribution >= 4 is 17.7 Å². The van der Waals surface area contributed by atoms with Gasteiger partial charge in [-0.1, -0.05) is 32.0 Å². The van der Waals surface area contributed by atoms with Gasteiger partial charge >= 0.3 is 6.36 Å². The average molecular weight is 458 g/mol. The van der Waals surface area contributed by atoms with Gasteiger partial charge < -0.3 is 19.5 Å². The first-order valence-corrected chi connectivity index (χ1v) is 10.8. The number of likely N-dealkylation sites (tertiary alicyclic amines) is 1. The summed E-state index contributed by atoms with van der Waals surface area (Å²) < 4.78 is 46.5. The van der Waals surface area contributed by atoms with Gasteiger partial charge in [-0.05, 0) is 42.3 Å². The molecule has 2 aromatic carbocycles. The van der Waals surface area contributed by atoms with Crippen LogP contribution in [0.15, 0.2) is 53.4 Å². The molecule has 0 radical (unpaired) electrons. The van der Waals surface area contributed by atoms with Gasteiger partial charge in [0.05, 0.1) is 6.61 Å². The van der Waals surface area contributed by atoms with E-state index >= 15 is 0 Å². The zero-order valence-electron chi connectivity index (χ0n) is 17.4. The van der Waals surface area contributed by atoms with Crippen molar-refractivity contribution in [2.45, 2.75) is 43.4 Å². The summed E-state index contributed by atoms with van der Waals surface area (Å²) >= 11 is 1.43. The van der Waals surface area contributed by atoms with E-state index in [4.69, 9.17) is 9.84 Å². The van der Waals surface area contributed by atoms with Gasteiger partial charge in [-0.2, -0.15) is 0 Å². The second-order valence-electron chi connectivity index (χ2n) is 6.48. The lowest BCUT2D eigenvalue weighted by molar-refractivity contribution is -0.274. The molecule has 1 atom stereocenters. The van der Waals surface area contributed by atoms with E-state index in [1.165, 1.54) is 30.0 Å². The number of aliphatic hydroxyl groups is 1. The van der Waals surface area contributed by atoms with E-state index in [1.54, 1.807) is 35.2 Å². The van der Waals surface area contributed by atoms with E-state index in [0.717, 1.165) is 12.0 Å². The fourth-order valence-electron chi connectivity index (χ4n) is 2.92. The zero-order chi connectivity index (χ0) is 22.9. The molecule has 0 aliphatic carbocycles. The average Bonchev–Trinajstić information content (AvgIpc) is 3.21. The first-order valence-electron chi connectivity index (χ1n) is 9.95. The Morgan fingerprint density at radius 1 is 1.16 bits per heavy atom. The van der Waals surface area contributed by atoms with Gasteiger partial charge in [-0.25, -0.2) is 0 Å². The maximum absolute atomic E-state index is 12.4. The second kappa shape index (κ2) is 11.9. The number of amides is 1. The third kappa shape index (κ3) is 8.34. The van der Waals surface area contributed by atoms with E-state index in [-0.39, 0.29) is 30.1 Å². The van der Waals surface area contributed by atoms with E-state index in [9.17, 15) is 18.0 Å². The van der Waals surface area contributed by atoms with Crippen molar-refractivity contribution in [1.82, 2.24) is 4.90 Å². The summed E-state index contributed by atoms with van der Waals surface area (Å²) in [5.41, 5.74) is 0.757. The maximum Gasteiger partial charge on any atom is 0.573 e. The summed E-state index contributed by atoms with van der Waals surface area (Å²) in [6, 6.07) is 12.7. The van der Waals surface area contributed by atoms with Crippen LogP contribution in [0.25, 0.3) is 0 Å². The van der Waals surface area contributed by atoms with Crippen LogP contribution >= 0.6 is 11.8 Å². The summed E-state index contributed by atoms with van der Waals surface area (Å²) in [5, 5.41) is 9.11. The highest BCUT2D eigenvalue weighted by atomic mass is 32.2. The number of carbonyl (C=O) groups is 1. The van der Waals surface area contributed by atoms with E-state index < -0.39 is 6.36 Å². The molecule has 0 aromatic heterocycles. The number of benzene rings is 2. The van der Waals surface area contributed by atoms with Crippen LogP contribution in [0.5, 0.6) is 11.5 Å². The van der Waals surface area contributed by atoms with Crippen LogP contribution in [-0.4, -0.2) is 47.2 Å². The summed E-state index contributed by atoms with van der Waals surface area (Å²) in [6.45, 7) is 4.92. The molecular formula is C22H26F3NO4S. The number of rotatable bonds is 7. The highest BCUT2D eigenvalue weighted by Gasteiger charge is 2.31. The molecule has 0 saturated carbocycles. The third-order valence-corrected chi connectivity index (χ3v) is 5.55. The van der Waals surface area contributed by atoms with Crippen molar-refractivity contribution in [2.75, 3.05) is 19.7 Å². The topological polar surface area (TPSA) is 59.0 Å². The van der Waals surface area contributed by atoms with Crippen LogP contribution in [0, 0.1) is 0 Å². The summed E-state index contributed by atoms with van der Waals surface area (Å²) in [4.78, 5) is 14.7. The lowest BCUT2D eigenvalue weighted by Gasteiger charge is -2.17. The number of hydrogen-bond acceptors (Lipinski definition) is 5. The normalized spacial score (nSPS) is 15.8. The van der Waals surface area contributed by atoms with E-state index in [2.05, 4.69) is 4.74 Å². The van der Waals surface area contributed by atoms with Crippen molar-refractivity contribution in [3.8, 4) is 11.5 Å². The lowest BCUT2D eigenvalue weighted by atomic mass is 10.2. The van der Waals surface area contributed by atoms with Gasteiger partial charge in [0, 0.05) is 23.2 Å². The number of ether oxygens (including phenoxy) is 2. The Morgan fingerprint density at radius 3 is 2.52 bits per heavy atom. The van der Waals surface area contributed by atoms with Gasteiger partial charge in [0.25, 0.3) is 5.91 Å². The molecule has 31 heavy (non-hydrogen) atoms. The van der Waals surface area contributed by atoms with Gasteiger partial charge in [-0.15, -0.1) is 24.9 Å². The van der Waals surface area contributed by atoms with E-state index in [1.807, 2.05) is 13.8 Å². The summed E-state index contributed by atoms with van der Waals surface area (Å²) in [6.07, 6.45) is -3.98. The van der Waals surface area contributed by atoms with Crippen LogP contribution in [0.1, 0.15) is 25.8 Å². The molecule has 1 heterocycles. The first-order chi connectivity index (χ1) is 14.8. The Bertz CT molecular complexity index is 830. The predicted molar refractivity (Wildman–Crippen MR) is 113 cm³/mol. The highest BCUT2D eigenvalue weighted by molar-refractivity contribution is 8.00. The minimum absolute atomic E-state index is 0.0583. The predicted octanol–water partition coefficient (Wildman–Crippen LogP) is 4.88. The fraction of sp³-hybridized carbons (Fsp3) is 0.409. The highest BCUT2D eigenvalue weighted by Crippen LogP contribution is 2.33. The number of alkyl halides is 3.